The molecular weight excluding hydrogens is 317 g/mol. The van der Waals surface area contributed by atoms with Crippen LogP contribution in [0.25, 0.3) is 5.65 Å². The van der Waals surface area contributed by atoms with Crippen molar-refractivity contribution in [2.45, 2.75) is 32.2 Å². The van der Waals surface area contributed by atoms with Crippen LogP contribution in [0.4, 0.5) is 4.39 Å². The molecule has 1 saturated heterocycles. The van der Waals surface area contributed by atoms with Crippen molar-refractivity contribution in [1.82, 2.24) is 14.3 Å². The second kappa shape index (κ2) is 6.31. The molecule has 0 N–H and O–H groups in total. The van der Waals surface area contributed by atoms with Crippen molar-refractivity contribution < 1.29 is 9.18 Å². The highest BCUT2D eigenvalue weighted by Crippen LogP contribution is 2.32. The number of benzene rings is 1. The van der Waals surface area contributed by atoms with Gasteiger partial charge in [-0.15, -0.1) is 0 Å². The average molecular weight is 337 g/mol. The van der Waals surface area contributed by atoms with Gasteiger partial charge < -0.3 is 9.30 Å². The normalized spacial score (nSPS) is 17.8. The van der Waals surface area contributed by atoms with Crippen molar-refractivity contribution in [2.24, 2.45) is 0 Å². The van der Waals surface area contributed by atoms with Crippen LogP contribution in [-0.4, -0.2) is 26.7 Å². The number of likely N-dealkylation sites (tertiary alicyclic amines) is 1. The zero-order valence-corrected chi connectivity index (χ0v) is 14.2. The molecule has 128 valence electrons. The van der Waals surface area contributed by atoms with Crippen molar-refractivity contribution in [3.63, 3.8) is 0 Å². The lowest BCUT2D eigenvalue weighted by molar-refractivity contribution is 0.0611. The number of nitrogens with zero attached hydrogens (tertiary/aromatic N) is 3. The third kappa shape index (κ3) is 3.02. The zero-order chi connectivity index (χ0) is 17.4. The van der Waals surface area contributed by atoms with Crippen molar-refractivity contribution in [1.29, 1.82) is 0 Å². The highest BCUT2D eigenvalue weighted by Gasteiger charge is 2.28. The third-order valence-electron chi connectivity index (χ3n) is 4.84. The number of carbonyl (C=O) groups is 1. The maximum absolute atomic E-state index is 13.2. The van der Waals surface area contributed by atoms with Crippen LogP contribution >= 0.6 is 0 Å². The summed E-state index contributed by atoms with van der Waals surface area (Å²) < 4.78 is 15.1. The number of pyridine rings is 1. The molecule has 4 nitrogen and oxygen atoms in total. The molecule has 0 bridgehead atoms. The predicted octanol–water partition coefficient (Wildman–Crippen LogP) is 4.15. The first kappa shape index (κ1) is 15.8. The van der Waals surface area contributed by atoms with Crippen molar-refractivity contribution in [3.05, 3.63) is 71.4 Å². The van der Waals surface area contributed by atoms with Gasteiger partial charge in [0.05, 0.1) is 17.3 Å². The van der Waals surface area contributed by atoms with Gasteiger partial charge in [0.2, 0.25) is 0 Å². The van der Waals surface area contributed by atoms with Crippen LogP contribution in [0.1, 0.15) is 46.9 Å². The number of hydrogen-bond acceptors (Lipinski definition) is 2. The molecule has 1 aliphatic rings. The minimum Gasteiger partial charge on any atom is -0.332 e. The summed E-state index contributed by atoms with van der Waals surface area (Å²) in [5, 5.41) is 0. The molecule has 4 rings (SSSR count). The van der Waals surface area contributed by atoms with Gasteiger partial charge in [-0.05, 0) is 56.0 Å². The van der Waals surface area contributed by atoms with Crippen LogP contribution in [0.5, 0.6) is 0 Å². The number of halogens is 1. The molecule has 1 aliphatic heterocycles. The van der Waals surface area contributed by atoms with Gasteiger partial charge in [-0.1, -0.05) is 12.1 Å². The number of fused-ring (bicyclic) bond motifs is 1. The summed E-state index contributed by atoms with van der Waals surface area (Å²) in [7, 11) is 0. The van der Waals surface area contributed by atoms with Gasteiger partial charge in [-0.25, -0.2) is 9.37 Å². The second-order valence-corrected chi connectivity index (χ2v) is 6.63. The molecule has 25 heavy (non-hydrogen) atoms. The molecule has 1 fully saturated rings. The molecule has 2 aromatic heterocycles. The minimum atomic E-state index is -0.252. The summed E-state index contributed by atoms with van der Waals surface area (Å²) in [6.45, 7) is 2.66. The molecule has 1 amide bonds. The summed E-state index contributed by atoms with van der Waals surface area (Å²) >= 11 is 0. The number of hydrogen-bond donors (Lipinski definition) is 0. The summed E-state index contributed by atoms with van der Waals surface area (Å²) in [5.41, 5.74) is 3.41. The van der Waals surface area contributed by atoms with E-state index in [1.165, 1.54) is 12.1 Å². The maximum Gasteiger partial charge on any atom is 0.255 e. The number of amides is 1. The summed E-state index contributed by atoms with van der Waals surface area (Å²) in [4.78, 5) is 19.4. The van der Waals surface area contributed by atoms with Crippen molar-refractivity contribution in [3.8, 4) is 0 Å². The third-order valence-corrected chi connectivity index (χ3v) is 4.84. The van der Waals surface area contributed by atoms with Crippen LogP contribution in [0.2, 0.25) is 0 Å². The Labute approximate surface area is 145 Å². The lowest BCUT2D eigenvalue weighted by atomic mass is 9.94. The van der Waals surface area contributed by atoms with Gasteiger partial charge in [0.15, 0.2) is 0 Å². The van der Waals surface area contributed by atoms with Crippen molar-refractivity contribution in [2.75, 3.05) is 6.54 Å². The molecule has 0 unspecified atom stereocenters. The van der Waals surface area contributed by atoms with E-state index in [-0.39, 0.29) is 17.8 Å². The van der Waals surface area contributed by atoms with Gasteiger partial charge in [-0.2, -0.15) is 0 Å². The number of rotatable bonds is 2. The fourth-order valence-electron chi connectivity index (χ4n) is 3.62. The predicted molar refractivity (Wildman–Crippen MR) is 94.0 cm³/mol. The fourth-order valence-corrected chi connectivity index (χ4v) is 3.62. The molecule has 5 heteroatoms. The number of carbonyl (C=O) groups excluding carboxylic acids is 1. The number of imidazole rings is 1. The van der Waals surface area contributed by atoms with Gasteiger partial charge >= 0.3 is 0 Å². The molecule has 0 aliphatic carbocycles. The Bertz CT molecular complexity index is 916. The minimum absolute atomic E-state index is 0.00192. The molecule has 3 heterocycles. The smallest absolute Gasteiger partial charge is 0.255 e. The number of aromatic nitrogens is 2. The van der Waals surface area contributed by atoms with Gasteiger partial charge in [0, 0.05) is 18.9 Å². The van der Waals surface area contributed by atoms with E-state index in [0.29, 0.717) is 5.56 Å². The van der Waals surface area contributed by atoms with Gasteiger partial charge in [0.25, 0.3) is 5.91 Å². The van der Waals surface area contributed by atoms with Crippen LogP contribution in [-0.2, 0) is 0 Å². The fraction of sp³-hybridized carbons (Fsp3) is 0.300. The average Bonchev–Trinajstić information content (AvgIpc) is 3.01. The topological polar surface area (TPSA) is 37.6 Å². The molecule has 3 aromatic rings. The van der Waals surface area contributed by atoms with E-state index >= 15 is 0 Å². The Hall–Kier alpha value is -2.69. The highest BCUT2D eigenvalue weighted by atomic mass is 19.1. The summed E-state index contributed by atoms with van der Waals surface area (Å²) in [6.07, 6.45) is 6.74. The van der Waals surface area contributed by atoms with E-state index in [1.54, 1.807) is 12.1 Å². The molecule has 0 saturated carbocycles. The quantitative estimate of drug-likeness (QED) is 0.704. The summed E-state index contributed by atoms with van der Waals surface area (Å²) in [6, 6.07) is 10.2. The molecule has 0 spiro atoms. The van der Waals surface area contributed by atoms with E-state index in [4.69, 9.17) is 0 Å². The van der Waals surface area contributed by atoms with E-state index in [1.807, 2.05) is 40.8 Å². The van der Waals surface area contributed by atoms with E-state index in [9.17, 15) is 9.18 Å². The Morgan fingerprint density at radius 2 is 1.92 bits per heavy atom. The standard InChI is InChI=1S/C20H20FN3O/c1-14-12-23-13-16(7-10-19(23)22-14)20(25)24-11-3-2-4-18(24)15-5-8-17(21)9-6-15/h5-10,12-13,18H,2-4,11H2,1H3/t18-/m0/s1. The first-order valence-corrected chi connectivity index (χ1v) is 8.63. The molecular formula is C20H20FN3O. The van der Waals surface area contributed by atoms with Gasteiger partial charge in [0.1, 0.15) is 11.5 Å². The monoisotopic (exact) mass is 337 g/mol. The lowest BCUT2D eigenvalue weighted by Gasteiger charge is -2.36. The van der Waals surface area contributed by atoms with Crippen LogP contribution in [0.15, 0.2) is 48.8 Å². The van der Waals surface area contributed by atoms with Crippen LogP contribution < -0.4 is 0 Å². The maximum atomic E-state index is 13.2. The van der Waals surface area contributed by atoms with E-state index in [2.05, 4.69) is 4.98 Å². The zero-order valence-electron chi connectivity index (χ0n) is 14.2. The molecule has 0 radical (unpaired) electrons. The Kier molecular flexibility index (Phi) is 3.99. The molecule has 1 atom stereocenters. The first-order valence-electron chi connectivity index (χ1n) is 8.63. The largest absolute Gasteiger partial charge is 0.332 e. The number of aryl methyl sites for hydroxylation is 1. The van der Waals surface area contributed by atoms with E-state index in [0.717, 1.165) is 42.7 Å². The summed E-state index contributed by atoms with van der Waals surface area (Å²) in [5.74, 6) is -0.236. The number of piperidine rings is 1. The highest BCUT2D eigenvalue weighted by molar-refractivity contribution is 5.94. The van der Waals surface area contributed by atoms with Crippen molar-refractivity contribution >= 4 is 11.6 Å². The van der Waals surface area contributed by atoms with Crippen LogP contribution in [0, 0.1) is 12.7 Å². The van der Waals surface area contributed by atoms with Gasteiger partial charge in [-0.3, -0.25) is 4.79 Å². The lowest BCUT2D eigenvalue weighted by Crippen LogP contribution is -2.38. The van der Waals surface area contributed by atoms with Crippen LogP contribution in [0.3, 0.4) is 0 Å². The Morgan fingerprint density at radius 1 is 1.12 bits per heavy atom. The Morgan fingerprint density at radius 3 is 2.72 bits per heavy atom. The first-order chi connectivity index (χ1) is 12.1. The molecule has 1 aromatic carbocycles. The van der Waals surface area contributed by atoms with E-state index < -0.39 is 0 Å². The second-order valence-electron chi connectivity index (χ2n) is 6.63. The Balaban J connectivity index is 1.66. The SMILES string of the molecule is Cc1cn2cc(C(=O)N3CCCC[C@H]3c3ccc(F)cc3)ccc2n1.